The van der Waals surface area contributed by atoms with Crippen LogP contribution in [0.15, 0.2) is 24.3 Å². The fourth-order valence-electron chi connectivity index (χ4n) is 2.60. The molecule has 5 nitrogen and oxygen atoms in total. The maximum Gasteiger partial charge on any atom is 0.323 e. The van der Waals surface area contributed by atoms with Crippen LogP contribution in [0.2, 0.25) is 0 Å². The Morgan fingerprint density at radius 3 is 2.85 bits per heavy atom. The van der Waals surface area contributed by atoms with Gasteiger partial charge in [0.1, 0.15) is 6.54 Å². The molecule has 0 spiro atoms. The summed E-state index contributed by atoms with van der Waals surface area (Å²) in [6.07, 6.45) is 1.12. The number of aliphatic carboxylic acids is 1. The lowest BCUT2D eigenvalue weighted by molar-refractivity contribution is -0.144. The van der Waals surface area contributed by atoms with Crippen LogP contribution in [0.3, 0.4) is 0 Å². The first kappa shape index (κ1) is 14.4. The zero-order valence-electron chi connectivity index (χ0n) is 11.6. The minimum Gasteiger partial charge on any atom is -0.480 e. The molecule has 5 heteroatoms. The topological polar surface area (TPSA) is 69.6 Å². The van der Waals surface area contributed by atoms with Gasteiger partial charge in [-0.25, -0.2) is 0 Å². The van der Waals surface area contributed by atoms with Gasteiger partial charge in [0, 0.05) is 31.1 Å². The quantitative estimate of drug-likeness (QED) is 0.832. The lowest BCUT2D eigenvalue weighted by Crippen LogP contribution is -2.37. The minimum absolute atomic E-state index is 0.0854. The molecule has 0 radical (unpaired) electrons. The second kappa shape index (κ2) is 6.41. The van der Waals surface area contributed by atoms with Crippen LogP contribution in [-0.4, -0.2) is 41.5 Å². The number of hydrogen-bond donors (Lipinski definition) is 2. The summed E-state index contributed by atoms with van der Waals surface area (Å²) in [6.45, 7) is 2.95. The van der Waals surface area contributed by atoms with Crippen molar-refractivity contribution in [2.75, 3.05) is 25.0 Å². The summed E-state index contributed by atoms with van der Waals surface area (Å²) in [4.78, 5) is 24.5. The Hall–Kier alpha value is -2.04. The first-order valence-corrected chi connectivity index (χ1v) is 6.94. The highest BCUT2D eigenvalue weighted by molar-refractivity contribution is 5.82. The normalized spacial score (nSPS) is 16.4. The smallest absolute Gasteiger partial charge is 0.323 e. The van der Waals surface area contributed by atoms with Crippen LogP contribution in [0, 0.1) is 0 Å². The molecule has 2 N–H and O–H groups in total. The zero-order chi connectivity index (χ0) is 14.5. The van der Waals surface area contributed by atoms with Gasteiger partial charge in [0.2, 0.25) is 5.91 Å². The standard InChI is InChI=1S/C15H20N2O3/c1-2-7-17(10-15(19)20)14(18)8-11-9-16-13-6-4-3-5-12(11)13/h3-6,11,16H,2,7-10H2,1H3,(H,19,20). The maximum atomic E-state index is 12.3. The van der Waals surface area contributed by atoms with E-state index in [1.165, 1.54) is 4.90 Å². The number of rotatable bonds is 6. The molecule has 0 saturated carbocycles. The van der Waals surface area contributed by atoms with Gasteiger partial charge < -0.3 is 15.3 Å². The second-order valence-corrected chi connectivity index (χ2v) is 5.08. The van der Waals surface area contributed by atoms with Gasteiger partial charge in [-0.05, 0) is 18.1 Å². The predicted octanol–water partition coefficient (Wildman–Crippen LogP) is 1.91. The van der Waals surface area contributed by atoms with Crippen LogP contribution in [-0.2, 0) is 9.59 Å². The fourth-order valence-corrected chi connectivity index (χ4v) is 2.60. The Bertz CT molecular complexity index is 502. The first-order chi connectivity index (χ1) is 9.61. The third kappa shape index (κ3) is 3.29. The van der Waals surface area contributed by atoms with E-state index in [0.717, 1.165) is 24.2 Å². The van der Waals surface area contributed by atoms with E-state index < -0.39 is 5.97 Å². The van der Waals surface area contributed by atoms with E-state index in [2.05, 4.69) is 5.32 Å². The monoisotopic (exact) mass is 276 g/mol. The molecule has 1 heterocycles. The van der Waals surface area contributed by atoms with E-state index in [1.54, 1.807) is 0 Å². The molecule has 1 amide bonds. The van der Waals surface area contributed by atoms with Gasteiger partial charge in [-0.3, -0.25) is 9.59 Å². The van der Waals surface area contributed by atoms with Gasteiger partial charge >= 0.3 is 5.97 Å². The van der Waals surface area contributed by atoms with Crippen molar-refractivity contribution in [3.05, 3.63) is 29.8 Å². The van der Waals surface area contributed by atoms with Gasteiger partial charge in [-0.1, -0.05) is 25.1 Å². The second-order valence-electron chi connectivity index (χ2n) is 5.08. The van der Waals surface area contributed by atoms with Crippen molar-refractivity contribution in [2.24, 2.45) is 0 Å². The fraction of sp³-hybridized carbons (Fsp3) is 0.467. The van der Waals surface area contributed by atoms with Crippen LogP contribution in [0.4, 0.5) is 5.69 Å². The summed E-state index contributed by atoms with van der Waals surface area (Å²) in [5.41, 5.74) is 2.22. The van der Waals surface area contributed by atoms with Crippen molar-refractivity contribution in [3.8, 4) is 0 Å². The average molecular weight is 276 g/mol. The zero-order valence-corrected chi connectivity index (χ0v) is 11.6. The molecular formula is C15H20N2O3. The first-order valence-electron chi connectivity index (χ1n) is 6.94. The van der Waals surface area contributed by atoms with Crippen LogP contribution in [0.25, 0.3) is 0 Å². The largest absolute Gasteiger partial charge is 0.480 e. The van der Waals surface area contributed by atoms with Crippen molar-refractivity contribution in [2.45, 2.75) is 25.7 Å². The molecule has 108 valence electrons. The molecule has 1 aromatic carbocycles. The number of nitrogens with zero attached hydrogens (tertiary/aromatic N) is 1. The Balaban J connectivity index is 2.02. The summed E-state index contributed by atoms with van der Waals surface area (Å²) in [7, 11) is 0. The van der Waals surface area contributed by atoms with E-state index in [-0.39, 0.29) is 18.4 Å². The number of para-hydroxylation sites is 1. The number of carbonyl (C=O) groups excluding carboxylic acids is 1. The molecule has 2 rings (SSSR count). The Labute approximate surface area is 118 Å². The van der Waals surface area contributed by atoms with Gasteiger partial charge in [-0.2, -0.15) is 0 Å². The molecule has 1 aliphatic heterocycles. The van der Waals surface area contributed by atoms with Crippen molar-refractivity contribution < 1.29 is 14.7 Å². The SMILES string of the molecule is CCCN(CC(=O)O)C(=O)CC1CNc2ccccc21. The lowest BCUT2D eigenvalue weighted by atomic mass is 9.97. The molecule has 1 atom stereocenters. The van der Waals surface area contributed by atoms with Crippen LogP contribution >= 0.6 is 0 Å². The average Bonchev–Trinajstić information content (AvgIpc) is 2.81. The highest BCUT2D eigenvalue weighted by Crippen LogP contribution is 2.33. The van der Waals surface area contributed by atoms with E-state index in [9.17, 15) is 9.59 Å². The van der Waals surface area contributed by atoms with Crippen LogP contribution in [0.1, 0.15) is 31.2 Å². The molecule has 0 saturated heterocycles. The summed E-state index contributed by atoms with van der Waals surface area (Å²) in [5.74, 6) is -0.915. The molecule has 1 aliphatic rings. The number of carboxylic acid groups (broad SMARTS) is 1. The third-order valence-electron chi connectivity index (χ3n) is 3.53. The molecule has 1 unspecified atom stereocenters. The summed E-state index contributed by atoms with van der Waals surface area (Å²) < 4.78 is 0. The number of hydrogen-bond acceptors (Lipinski definition) is 3. The molecule has 0 fully saturated rings. The number of carboxylic acids is 1. The van der Waals surface area contributed by atoms with E-state index >= 15 is 0 Å². The number of amides is 1. The molecule has 0 aliphatic carbocycles. The number of nitrogens with one attached hydrogen (secondary N) is 1. The molecular weight excluding hydrogens is 256 g/mol. The lowest BCUT2D eigenvalue weighted by Gasteiger charge is -2.21. The number of fused-ring (bicyclic) bond motifs is 1. The van der Waals surface area contributed by atoms with Gasteiger partial charge in [0.15, 0.2) is 0 Å². The van der Waals surface area contributed by atoms with Crippen LogP contribution < -0.4 is 5.32 Å². The molecule has 0 bridgehead atoms. The summed E-state index contributed by atoms with van der Waals surface area (Å²) in [5, 5.41) is 12.2. The van der Waals surface area contributed by atoms with Gasteiger partial charge in [-0.15, -0.1) is 0 Å². The Morgan fingerprint density at radius 2 is 2.15 bits per heavy atom. The minimum atomic E-state index is -0.961. The van der Waals surface area contributed by atoms with E-state index in [0.29, 0.717) is 13.0 Å². The summed E-state index contributed by atoms with van der Waals surface area (Å²) >= 11 is 0. The molecule has 20 heavy (non-hydrogen) atoms. The number of anilines is 1. The molecule has 0 aromatic heterocycles. The van der Waals surface area contributed by atoms with E-state index in [4.69, 9.17) is 5.11 Å². The van der Waals surface area contributed by atoms with Crippen molar-refractivity contribution >= 4 is 17.6 Å². The van der Waals surface area contributed by atoms with Crippen molar-refractivity contribution in [1.82, 2.24) is 4.90 Å². The molecule has 1 aromatic rings. The van der Waals surface area contributed by atoms with Gasteiger partial charge in [0.25, 0.3) is 0 Å². The number of carbonyl (C=O) groups is 2. The third-order valence-corrected chi connectivity index (χ3v) is 3.53. The van der Waals surface area contributed by atoms with Crippen LogP contribution in [0.5, 0.6) is 0 Å². The maximum absolute atomic E-state index is 12.3. The summed E-state index contributed by atoms with van der Waals surface area (Å²) in [6, 6.07) is 7.95. The van der Waals surface area contributed by atoms with Gasteiger partial charge in [0.05, 0.1) is 0 Å². The van der Waals surface area contributed by atoms with Crippen molar-refractivity contribution in [1.29, 1.82) is 0 Å². The Kier molecular flexibility index (Phi) is 4.61. The van der Waals surface area contributed by atoms with E-state index in [1.807, 2.05) is 31.2 Å². The van der Waals surface area contributed by atoms with Crippen molar-refractivity contribution in [3.63, 3.8) is 0 Å². The predicted molar refractivity (Wildman–Crippen MR) is 76.8 cm³/mol. The number of benzene rings is 1. The highest BCUT2D eigenvalue weighted by atomic mass is 16.4. The highest BCUT2D eigenvalue weighted by Gasteiger charge is 2.26. The Morgan fingerprint density at radius 1 is 1.40 bits per heavy atom.